The zero-order chi connectivity index (χ0) is 13.3. The number of hydrogen-bond donors (Lipinski definition) is 2. The molecule has 0 heterocycles. The molecule has 0 atom stereocenters. The summed E-state index contributed by atoms with van der Waals surface area (Å²) in [5.74, 6) is -2.01. The summed E-state index contributed by atoms with van der Waals surface area (Å²) in [6.45, 7) is 13.0. The molecule has 0 aromatic heterocycles. The highest BCUT2D eigenvalue weighted by Gasteiger charge is 2.48. The van der Waals surface area contributed by atoms with Crippen LogP contribution >= 0.6 is 0 Å². The molecular formula is C15H20O2. The van der Waals surface area contributed by atoms with Gasteiger partial charge >= 0.3 is 0 Å². The number of rotatable bonds is 4. The van der Waals surface area contributed by atoms with Crippen LogP contribution in [0, 0.1) is 5.41 Å². The van der Waals surface area contributed by atoms with Crippen molar-refractivity contribution in [2.45, 2.75) is 26.6 Å². The van der Waals surface area contributed by atoms with Crippen LogP contribution in [-0.4, -0.2) is 10.2 Å². The van der Waals surface area contributed by atoms with Crippen molar-refractivity contribution in [1.82, 2.24) is 0 Å². The van der Waals surface area contributed by atoms with Crippen molar-refractivity contribution in [3.63, 3.8) is 0 Å². The molecule has 1 aromatic carbocycles. The molecule has 0 spiro atoms. The van der Waals surface area contributed by atoms with E-state index in [1.54, 1.807) is 45.0 Å². The third-order valence-corrected chi connectivity index (χ3v) is 3.58. The molecule has 2 N–H and O–H groups in total. The van der Waals surface area contributed by atoms with E-state index in [1.807, 2.05) is 6.07 Å². The van der Waals surface area contributed by atoms with Gasteiger partial charge in [0.15, 0.2) is 0 Å². The molecule has 0 unspecified atom stereocenters. The first-order chi connectivity index (χ1) is 7.74. The minimum Gasteiger partial charge on any atom is -0.361 e. The summed E-state index contributed by atoms with van der Waals surface area (Å²) >= 11 is 0. The second kappa shape index (κ2) is 4.47. The van der Waals surface area contributed by atoms with Crippen LogP contribution in [0.1, 0.15) is 26.3 Å². The molecule has 0 amide bonds. The van der Waals surface area contributed by atoms with Crippen molar-refractivity contribution in [3.05, 3.63) is 60.2 Å². The van der Waals surface area contributed by atoms with Crippen molar-refractivity contribution in [2.24, 2.45) is 5.41 Å². The minimum absolute atomic E-state index is 0.438. The molecule has 0 radical (unpaired) electrons. The maximum Gasteiger partial charge on any atom is 0.203 e. The van der Waals surface area contributed by atoms with Gasteiger partial charge in [0.2, 0.25) is 5.79 Å². The van der Waals surface area contributed by atoms with Crippen LogP contribution in [0.15, 0.2) is 54.6 Å². The monoisotopic (exact) mass is 232 g/mol. The molecule has 0 saturated heterocycles. The molecule has 92 valence electrons. The lowest BCUT2D eigenvalue weighted by molar-refractivity contribution is -0.224. The molecule has 0 bridgehead atoms. The Morgan fingerprint density at radius 3 is 1.76 bits per heavy atom. The largest absolute Gasteiger partial charge is 0.361 e. The molecule has 2 nitrogen and oxygen atoms in total. The van der Waals surface area contributed by atoms with E-state index in [0.717, 1.165) is 0 Å². The maximum atomic E-state index is 10.5. The van der Waals surface area contributed by atoms with E-state index in [-0.39, 0.29) is 0 Å². The lowest BCUT2D eigenvalue weighted by Crippen LogP contribution is -2.45. The fraction of sp³-hybridized carbons (Fsp3) is 0.333. The van der Waals surface area contributed by atoms with Crippen LogP contribution in [0.5, 0.6) is 0 Å². The quantitative estimate of drug-likeness (QED) is 0.619. The summed E-state index contributed by atoms with van der Waals surface area (Å²) in [5.41, 5.74) is 0.792. The SMILES string of the molecule is C=C(C)C(C)(C(=C)C)C(O)(O)c1ccccc1. The normalized spacial score (nSPS) is 12.3. The third kappa shape index (κ3) is 2.06. The Balaban J connectivity index is 3.38. The van der Waals surface area contributed by atoms with E-state index in [4.69, 9.17) is 0 Å². The molecule has 2 heteroatoms. The van der Waals surface area contributed by atoms with Crippen LogP contribution in [-0.2, 0) is 5.79 Å². The predicted octanol–water partition coefficient (Wildman–Crippen LogP) is 2.98. The van der Waals surface area contributed by atoms with Gasteiger partial charge in [-0.2, -0.15) is 0 Å². The van der Waals surface area contributed by atoms with Crippen LogP contribution in [0.3, 0.4) is 0 Å². The average Bonchev–Trinajstić information content (AvgIpc) is 2.28. The highest BCUT2D eigenvalue weighted by Crippen LogP contribution is 2.47. The number of aliphatic hydroxyl groups is 2. The molecule has 0 aliphatic carbocycles. The Bertz CT molecular complexity index is 415. The van der Waals surface area contributed by atoms with Gasteiger partial charge in [-0.1, -0.05) is 54.6 Å². The topological polar surface area (TPSA) is 40.5 Å². The fourth-order valence-electron chi connectivity index (χ4n) is 1.92. The molecule has 1 aromatic rings. The maximum absolute atomic E-state index is 10.5. The van der Waals surface area contributed by atoms with Gasteiger partial charge in [-0.15, -0.1) is 0 Å². The van der Waals surface area contributed by atoms with Gasteiger partial charge in [0.25, 0.3) is 0 Å². The Labute approximate surface area is 103 Å². The van der Waals surface area contributed by atoms with E-state index in [1.165, 1.54) is 0 Å². The van der Waals surface area contributed by atoms with E-state index in [2.05, 4.69) is 13.2 Å². The average molecular weight is 232 g/mol. The zero-order valence-corrected chi connectivity index (χ0v) is 10.7. The van der Waals surface area contributed by atoms with Crippen LogP contribution < -0.4 is 0 Å². The molecule has 1 rings (SSSR count). The summed E-state index contributed by atoms with van der Waals surface area (Å²) in [5, 5.41) is 21.0. The first-order valence-corrected chi connectivity index (χ1v) is 5.57. The molecule has 17 heavy (non-hydrogen) atoms. The summed E-state index contributed by atoms with van der Waals surface area (Å²) in [7, 11) is 0. The standard InChI is InChI=1S/C15H20O2/c1-11(2)14(5,12(3)4)15(16,17)13-9-7-6-8-10-13/h6-10,16-17H,1,3H2,2,4-5H3. The number of benzene rings is 1. The summed E-state index contributed by atoms with van der Waals surface area (Å²) in [6, 6.07) is 8.74. The Morgan fingerprint density at radius 1 is 1.00 bits per heavy atom. The fourth-order valence-corrected chi connectivity index (χ4v) is 1.92. The lowest BCUT2D eigenvalue weighted by Gasteiger charge is -2.42. The molecule has 0 aliphatic heterocycles. The highest BCUT2D eigenvalue weighted by atomic mass is 16.5. The van der Waals surface area contributed by atoms with Crippen molar-refractivity contribution in [3.8, 4) is 0 Å². The molecular weight excluding hydrogens is 212 g/mol. The second-order valence-electron chi connectivity index (χ2n) is 4.72. The molecule has 0 aliphatic rings. The van der Waals surface area contributed by atoms with E-state index in [9.17, 15) is 10.2 Å². The van der Waals surface area contributed by atoms with E-state index >= 15 is 0 Å². The smallest absolute Gasteiger partial charge is 0.203 e. The van der Waals surface area contributed by atoms with E-state index in [0.29, 0.717) is 16.7 Å². The minimum atomic E-state index is -2.01. The Morgan fingerprint density at radius 2 is 1.41 bits per heavy atom. The first-order valence-electron chi connectivity index (χ1n) is 5.57. The van der Waals surface area contributed by atoms with Crippen molar-refractivity contribution in [2.75, 3.05) is 0 Å². The third-order valence-electron chi connectivity index (χ3n) is 3.58. The van der Waals surface area contributed by atoms with Gasteiger partial charge in [0.05, 0.1) is 5.41 Å². The zero-order valence-electron chi connectivity index (χ0n) is 10.7. The van der Waals surface area contributed by atoms with Gasteiger partial charge in [-0.05, 0) is 20.8 Å². The molecule has 0 saturated carbocycles. The highest BCUT2D eigenvalue weighted by molar-refractivity contribution is 5.33. The Hall–Kier alpha value is -1.38. The van der Waals surface area contributed by atoms with E-state index < -0.39 is 11.2 Å². The van der Waals surface area contributed by atoms with Crippen LogP contribution in [0.4, 0.5) is 0 Å². The summed E-state index contributed by atoms with van der Waals surface area (Å²) in [6.07, 6.45) is 0. The van der Waals surface area contributed by atoms with Crippen molar-refractivity contribution in [1.29, 1.82) is 0 Å². The Kier molecular flexibility index (Phi) is 3.60. The molecule has 0 fully saturated rings. The predicted molar refractivity (Wildman–Crippen MR) is 70.3 cm³/mol. The van der Waals surface area contributed by atoms with Gasteiger partial charge in [-0.25, -0.2) is 0 Å². The van der Waals surface area contributed by atoms with Gasteiger partial charge in [0, 0.05) is 5.56 Å². The lowest BCUT2D eigenvalue weighted by atomic mass is 9.68. The summed E-state index contributed by atoms with van der Waals surface area (Å²) < 4.78 is 0. The van der Waals surface area contributed by atoms with Crippen molar-refractivity contribution >= 4 is 0 Å². The van der Waals surface area contributed by atoms with Gasteiger partial charge in [-0.3, -0.25) is 0 Å². The van der Waals surface area contributed by atoms with Gasteiger partial charge in [0.1, 0.15) is 0 Å². The van der Waals surface area contributed by atoms with Gasteiger partial charge < -0.3 is 10.2 Å². The van der Waals surface area contributed by atoms with Crippen molar-refractivity contribution < 1.29 is 10.2 Å². The van der Waals surface area contributed by atoms with Crippen LogP contribution in [0.25, 0.3) is 0 Å². The second-order valence-corrected chi connectivity index (χ2v) is 4.72. The number of hydrogen-bond acceptors (Lipinski definition) is 2. The summed E-state index contributed by atoms with van der Waals surface area (Å²) in [4.78, 5) is 0. The first kappa shape index (κ1) is 13.7. The van der Waals surface area contributed by atoms with Crippen LogP contribution in [0.2, 0.25) is 0 Å².